The second kappa shape index (κ2) is 7.13. The normalized spacial score (nSPS) is 12.4. The average molecular weight is 366 g/mol. The second-order valence-corrected chi connectivity index (χ2v) is 7.69. The van der Waals surface area contributed by atoms with E-state index in [0.29, 0.717) is 11.6 Å². The molecule has 0 bridgehead atoms. The van der Waals surface area contributed by atoms with Crippen LogP contribution in [0.25, 0.3) is 0 Å². The van der Waals surface area contributed by atoms with Gasteiger partial charge in [-0.2, -0.15) is 18.2 Å². The van der Waals surface area contributed by atoms with E-state index in [9.17, 15) is 13.2 Å². The van der Waals surface area contributed by atoms with Gasteiger partial charge in [0, 0.05) is 17.3 Å². The van der Waals surface area contributed by atoms with Crippen molar-refractivity contribution in [2.45, 2.75) is 59.2 Å². The van der Waals surface area contributed by atoms with Crippen molar-refractivity contribution >= 4 is 17.5 Å². The molecule has 0 spiro atoms. The van der Waals surface area contributed by atoms with Gasteiger partial charge in [-0.1, -0.05) is 19.9 Å². The number of halogens is 3. The predicted molar refractivity (Wildman–Crippen MR) is 99.0 cm³/mol. The summed E-state index contributed by atoms with van der Waals surface area (Å²) in [6.45, 7) is 11.7. The third-order valence-electron chi connectivity index (χ3n) is 3.67. The van der Waals surface area contributed by atoms with Gasteiger partial charge in [0.1, 0.15) is 5.82 Å². The van der Waals surface area contributed by atoms with Crippen LogP contribution in [0.2, 0.25) is 0 Å². The molecule has 1 heterocycles. The van der Waals surface area contributed by atoms with Gasteiger partial charge in [-0.3, -0.25) is 0 Å². The molecule has 7 heteroatoms. The average Bonchev–Trinajstić information content (AvgIpc) is 2.43. The lowest BCUT2D eigenvalue weighted by atomic mass is 9.98. The van der Waals surface area contributed by atoms with E-state index >= 15 is 0 Å². The molecule has 2 aromatic rings. The number of aryl methyl sites for hydroxylation is 1. The summed E-state index contributed by atoms with van der Waals surface area (Å²) in [6, 6.07) is 6.64. The summed E-state index contributed by atoms with van der Waals surface area (Å²) in [5.41, 5.74) is 1.50. The standard InChI is InChI=1S/C19H25F3N4/c1-11(2)14-8-7-13(9-12(14)3)23-16-10-15(19(20,21)22)24-17(25-16)26-18(4,5)6/h7-11H,1-6H3,(H2,23,24,25,26). The van der Waals surface area contributed by atoms with Crippen LogP contribution in [0.3, 0.4) is 0 Å². The Kier molecular flexibility index (Phi) is 5.49. The number of nitrogens with zero attached hydrogens (tertiary/aromatic N) is 2. The Hall–Kier alpha value is -2.31. The molecule has 142 valence electrons. The summed E-state index contributed by atoms with van der Waals surface area (Å²) >= 11 is 0. The summed E-state index contributed by atoms with van der Waals surface area (Å²) in [7, 11) is 0. The molecule has 0 unspecified atom stereocenters. The molecule has 26 heavy (non-hydrogen) atoms. The first kappa shape index (κ1) is 20.0. The zero-order chi connectivity index (χ0) is 19.7. The lowest BCUT2D eigenvalue weighted by molar-refractivity contribution is -0.141. The highest BCUT2D eigenvalue weighted by Gasteiger charge is 2.34. The highest BCUT2D eigenvalue weighted by Crippen LogP contribution is 2.31. The molecule has 0 amide bonds. The van der Waals surface area contributed by atoms with Crippen molar-refractivity contribution in [1.82, 2.24) is 9.97 Å². The van der Waals surface area contributed by atoms with Crippen LogP contribution in [0, 0.1) is 6.92 Å². The predicted octanol–water partition coefficient (Wildman–Crippen LogP) is 5.88. The summed E-state index contributed by atoms with van der Waals surface area (Å²) in [5.74, 6) is 0.406. The van der Waals surface area contributed by atoms with Crippen LogP contribution in [-0.4, -0.2) is 15.5 Å². The van der Waals surface area contributed by atoms with Gasteiger partial charge in [-0.15, -0.1) is 0 Å². The number of benzene rings is 1. The summed E-state index contributed by atoms with van der Waals surface area (Å²) in [5, 5.41) is 5.85. The van der Waals surface area contributed by atoms with Crippen LogP contribution in [-0.2, 0) is 6.18 Å². The third kappa shape index (κ3) is 5.34. The molecule has 0 fully saturated rings. The molecular formula is C19H25F3N4. The number of alkyl halides is 3. The van der Waals surface area contributed by atoms with Gasteiger partial charge >= 0.3 is 6.18 Å². The molecule has 0 radical (unpaired) electrons. The van der Waals surface area contributed by atoms with E-state index < -0.39 is 17.4 Å². The van der Waals surface area contributed by atoms with Gasteiger partial charge in [0.15, 0.2) is 5.69 Å². The van der Waals surface area contributed by atoms with E-state index in [4.69, 9.17) is 0 Å². The van der Waals surface area contributed by atoms with Crippen molar-refractivity contribution in [3.8, 4) is 0 Å². The van der Waals surface area contributed by atoms with Crippen LogP contribution in [0.1, 0.15) is 57.4 Å². The van der Waals surface area contributed by atoms with Crippen molar-refractivity contribution in [2.75, 3.05) is 10.6 Å². The van der Waals surface area contributed by atoms with Crippen molar-refractivity contribution in [2.24, 2.45) is 0 Å². The molecule has 2 N–H and O–H groups in total. The van der Waals surface area contributed by atoms with Crippen LogP contribution in [0.5, 0.6) is 0 Å². The number of hydrogen-bond donors (Lipinski definition) is 2. The number of aromatic nitrogens is 2. The monoisotopic (exact) mass is 366 g/mol. The minimum absolute atomic E-state index is 0.0645. The van der Waals surface area contributed by atoms with Crippen LogP contribution in [0.4, 0.5) is 30.6 Å². The third-order valence-corrected chi connectivity index (χ3v) is 3.67. The zero-order valence-corrected chi connectivity index (χ0v) is 15.9. The fraction of sp³-hybridized carbons (Fsp3) is 0.474. The maximum Gasteiger partial charge on any atom is 0.433 e. The minimum atomic E-state index is -4.55. The zero-order valence-electron chi connectivity index (χ0n) is 15.9. The lowest BCUT2D eigenvalue weighted by Crippen LogP contribution is -2.28. The highest BCUT2D eigenvalue weighted by atomic mass is 19.4. The molecule has 2 rings (SSSR count). The fourth-order valence-corrected chi connectivity index (χ4v) is 2.60. The Morgan fingerprint density at radius 3 is 2.15 bits per heavy atom. The quantitative estimate of drug-likeness (QED) is 0.709. The Bertz CT molecular complexity index is 777. The molecular weight excluding hydrogens is 341 g/mol. The first-order chi connectivity index (χ1) is 11.8. The fourth-order valence-electron chi connectivity index (χ4n) is 2.60. The summed E-state index contributed by atoms with van der Waals surface area (Å²) < 4.78 is 39.5. The number of anilines is 3. The van der Waals surface area contributed by atoms with E-state index in [1.165, 1.54) is 5.56 Å². The smallest absolute Gasteiger partial charge is 0.350 e. The van der Waals surface area contributed by atoms with Crippen molar-refractivity contribution < 1.29 is 13.2 Å². The van der Waals surface area contributed by atoms with Gasteiger partial charge < -0.3 is 10.6 Å². The van der Waals surface area contributed by atoms with Crippen molar-refractivity contribution in [1.29, 1.82) is 0 Å². The second-order valence-electron chi connectivity index (χ2n) is 7.69. The molecule has 1 aromatic heterocycles. The lowest BCUT2D eigenvalue weighted by Gasteiger charge is -2.22. The van der Waals surface area contributed by atoms with Gasteiger partial charge in [-0.25, -0.2) is 4.98 Å². The van der Waals surface area contributed by atoms with Crippen molar-refractivity contribution in [3.63, 3.8) is 0 Å². The first-order valence-corrected chi connectivity index (χ1v) is 8.47. The molecule has 0 saturated carbocycles. The van der Waals surface area contributed by atoms with E-state index in [1.807, 2.05) is 45.9 Å². The Morgan fingerprint density at radius 2 is 1.65 bits per heavy atom. The Balaban J connectivity index is 2.39. The molecule has 0 atom stereocenters. The molecule has 4 nitrogen and oxygen atoms in total. The number of nitrogens with one attached hydrogen (secondary N) is 2. The van der Waals surface area contributed by atoms with Gasteiger partial charge in [0.2, 0.25) is 5.95 Å². The van der Waals surface area contributed by atoms with Gasteiger partial charge in [0.05, 0.1) is 0 Å². The summed E-state index contributed by atoms with van der Waals surface area (Å²) in [6.07, 6.45) is -4.55. The summed E-state index contributed by atoms with van der Waals surface area (Å²) in [4.78, 5) is 7.78. The van der Waals surface area contributed by atoms with Gasteiger partial charge in [-0.05, 0) is 56.9 Å². The topological polar surface area (TPSA) is 49.8 Å². The van der Waals surface area contributed by atoms with E-state index in [0.717, 1.165) is 11.6 Å². The van der Waals surface area contributed by atoms with Crippen LogP contribution >= 0.6 is 0 Å². The molecule has 0 aliphatic carbocycles. The Labute approximate surface area is 152 Å². The SMILES string of the molecule is Cc1cc(Nc2cc(C(F)(F)F)nc(NC(C)(C)C)n2)ccc1C(C)C. The van der Waals surface area contributed by atoms with E-state index in [-0.39, 0.29) is 11.8 Å². The Morgan fingerprint density at radius 1 is 1.00 bits per heavy atom. The van der Waals surface area contributed by atoms with Gasteiger partial charge in [0.25, 0.3) is 0 Å². The molecule has 0 aliphatic rings. The molecule has 0 aliphatic heterocycles. The minimum Gasteiger partial charge on any atom is -0.350 e. The number of hydrogen-bond acceptors (Lipinski definition) is 4. The largest absolute Gasteiger partial charge is 0.433 e. The maximum absolute atomic E-state index is 13.2. The van der Waals surface area contributed by atoms with E-state index in [1.54, 1.807) is 0 Å². The maximum atomic E-state index is 13.2. The molecule has 1 aromatic carbocycles. The van der Waals surface area contributed by atoms with E-state index in [2.05, 4.69) is 34.4 Å². The number of rotatable bonds is 4. The first-order valence-electron chi connectivity index (χ1n) is 8.47. The van der Waals surface area contributed by atoms with Crippen LogP contribution < -0.4 is 10.6 Å². The van der Waals surface area contributed by atoms with Crippen LogP contribution in [0.15, 0.2) is 24.3 Å². The van der Waals surface area contributed by atoms with Crippen molar-refractivity contribution in [3.05, 3.63) is 41.1 Å². The molecule has 0 saturated heterocycles. The highest BCUT2D eigenvalue weighted by molar-refractivity contribution is 5.60.